The van der Waals surface area contributed by atoms with Gasteiger partial charge in [-0.1, -0.05) is 6.07 Å². The first-order valence-corrected chi connectivity index (χ1v) is 8.08. The van der Waals surface area contributed by atoms with Crippen molar-refractivity contribution in [1.29, 1.82) is 0 Å². The van der Waals surface area contributed by atoms with Crippen LogP contribution in [0.25, 0.3) is 0 Å². The van der Waals surface area contributed by atoms with Gasteiger partial charge in [-0.25, -0.2) is 4.98 Å². The van der Waals surface area contributed by atoms with Crippen LogP contribution in [0.1, 0.15) is 35.8 Å². The minimum atomic E-state index is -2.80. The smallest absolute Gasteiger partial charge is 0.387 e. The predicted molar refractivity (Wildman–Crippen MR) is 83.0 cm³/mol. The van der Waals surface area contributed by atoms with Crippen LogP contribution in [0.3, 0.4) is 0 Å². The first kappa shape index (κ1) is 16.1. The van der Waals surface area contributed by atoms with Crippen molar-refractivity contribution in [3.8, 4) is 5.75 Å². The number of aromatic nitrogens is 2. The lowest BCUT2D eigenvalue weighted by molar-refractivity contribution is -0.0499. The molecule has 0 unspecified atom stereocenters. The first-order valence-electron chi connectivity index (χ1n) is 7.31. The normalized spacial score (nSPS) is 17.1. The van der Waals surface area contributed by atoms with E-state index in [-0.39, 0.29) is 11.8 Å². The molecule has 0 bridgehead atoms. The summed E-state index contributed by atoms with van der Waals surface area (Å²) in [6, 6.07) is 5.23. The monoisotopic (exact) mass is 341 g/mol. The summed E-state index contributed by atoms with van der Waals surface area (Å²) in [6.45, 7) is -2.42. The second kappa shape index (κ2) is 7.18. The zero-order valence-electron chi connectivity index (χ0n) is 12.6. The van der Waals surface area contributed by atoms with Crippen LogP contribution in [-0.4, -0.2) is 23.1 Å². The molecule has 1 N–H and O–H groups in total. The number of hydrogen-bond donors (Lipinski definition) is 1. The van der Waals surface area contributed by atoms with Crippen molar-refractivity contribution < 1.29 is 18.3 Å². The van der Waals surface area contributed by atoms with Gasteiger partial charge in [-0.3, -0.25) is 0 Å². The van der Waals surface area contributed by atoms with Crippen LogP contribution < -0.4 is 10.1 Å². The molecule has 0 fully saturated rings. The SMILES string of the molecule is COCc1nsc(N[C@@H]2CCCc3cc(OC(F)F)ccc32)n1. The minimum Gasteiger partial charge on any atom is -0.435 e. The molecular weight excluding hydrogens is 324 g/mol. The fourth-order valence-electron chi connectivity index (χ4n) is 2.77. The van der Waals surface area contributed by atoms with Gasteiger partial charge in [0.15, 0.2) is 5.82 Å². The summed E-state index contributed by atoms with van der Waals surface area (Å²) < 4.78 is 38.3. The summed E-state index contributed by atoms with van der Waals surface area (Å²) in [5.74, 6) is 0.856. The van der Waals surface area contributed by atoms with E-state index in [2.05, 4.69) is 19.4 Å². The lowest BCUT2D eigenvalue weighted by Gasteiger charge is -2.26. The summed E-state index contributed by atoms with van der Waals surface area (Å²) >= 11 is 1.29. The van der Waals surface area contributed by atoms with Crippen molar-refractivity contribution >= 4 is 16.7 Å². The van der Waals surface area contributed by atoms with Crippen LogP contribution in [-0.2, 0) is 17.8 Å². The number of fused-ring (bicyclic) bond motifs is 1. The van der Waals surface area contributed by atoms with Gasteiger partial charge in [0, 0.05) is 18.6 Å². The first-order chi connectivity index (χ1) is 11.2. The van der Waals surface area contributed by atoms with E-state index in [0.29, 0.717) is 12.4 Å². The van der Waals surface area contributed by atoms with E-state index in [0.717, 1.165) is 35.5 Å². The molecule has 0 saturated carbocycles. The molecule has 0 radical (unpaired) electrons. The van der Waals surface area contributed by atoms with Crippen LogP contribution in [0.5, 0.6) is 5.75 Å². The Labute approximate surface area is 136 Å². The highest BCUT2D eigenvalue weighted by Gasteiger charge is 2.22. The Bertz CT molecular complexity index is 666. The van der Waals surface area contributed by atoms with E-state index in [4.69, 9.17) is 4.74 Å². The predicted octanol–water partition coefficient (Wildman–Crippen LogP) is 3.78. The van der Waals surface area contributed by atoms with Crippen molar-refractivity contribution in [2.24, 2.45) is 0 Å². The van der Waals surface area contributed by atoms with Crippen LogP contribution in [0.15, 0.2) is 18.2 Å². The fraction of sp³-hybridized carbons (Fsp3) is 0.467. The average molecular weight is 341 g/mol. The van der Waals surface area contributed by atoms with Crippen LogP contribution in [0, 0.1) is 0 Å². The van der Waals surface area contributed by atoms with Gasteiger partial charge >= 0.3 is 6.61 Å². The molecule has 1 aliphatic carbocycles. The third-order valence-corrected chi connectivity index (χ3v) is 4.38. The maximum atomic E-state index is 12.3. The fourth-order valence-corrected chi connectivity index (χ4v) is 3.39. The molecule has 0 saturated heterocycles. The number of nitrogens with zero attached hydrogens (tertiary/aromatic N) is 2. The molecule has 3 rings (SSSR count). The van der Waals surface area contributed by atoms with Crippen molar-refractivity contribution in [3.05, 3.63) is 35.2 Å². The third kappa shape index (κ3) is 3.94. The standard InChI is InChI=1S/C15H17F2N3O2S/c1-21-8-13-19-15(23-20-13)18-12-4-2-3-9-7-10(22-14(16)17)5-6-11(9)12/h5-7,12,14H,2-4,8H2,1H3,(H,18,19,20)/t12-/m1/s1. The Morgan fingerprint density at radius 3 is 3.09 bits per heavy atom. The number of aryl methyl sites for hydroxylation is 1. The second-order valence-corrected chi connectivity index (χ2v) is 6.03. The van der Waals surface area contributed by atoms with Gasteiger partial charge in [-0.05, 0) is 42.5 Å². The number of methoxy groups -OCH3 is 1. The summed E-state index contributed by atoms with van der Waals surface area (Å²) in [4.78, 5) is 4.37. The molecular formula is C15H17F2N3O2S. The average Bonchev–Trinajstić information content (AvgIpc) is 2.94. The quantitative estimate of drug-likeness (QED) is 0.867. The van der Waals surface area contributed by atoms with E-state index in [1.165, 1.54) is 11.5 Å². The highest BCUT2D eigenvalue weighted by Crippen LogP contribution is 2.35. The Hall–Kier alpha value is -1.80. The summed E-state index contributed by atoms with van der Waals surface area (Å²) in [5.41, 5.74) is 2.13. The van der Waals surface area contributed by atoms with Gasteiger partial charge in [0.25, 0.3) is 0 Å². The number of benzene rings is 1. The van der Waals surface area contributed by atoms with Crippen molar-refractivity contribution in [2.75, 3.05) is 12.4 Å². The van der Waals surface area contributed by atoms with E-state index in [1.54, 1.807) is 19.2 Å². The zero-order valence-corrected chi connectivity index (χ0v) is 13.4. The number of nitrogens with one attached hydrogen (secondary N) is 1. The third-order valence-electron chi connectivity index (χ3n) is 3.69. The molecule has 0 amide bonds. The highest BCUT2D eigenvalue weighted by molar-refractivity contribution is 7.09. The molecule has 2 aromatic rings. The molecule has 23 heavy (non-hydrogen) atoms. The van der Waals surface area contributed by atoms with Crippen LogP contribution in [0.4, 0.5) is 13.9 Å². The van der Waals surface area contributed by atoms with E-state index in [1.807, 2.05) is 6.07 Å². The summed E-state index contributed by atoms with van der Waals surface area (Å²) in [6.07, 6.45) is 2.80. The van der Waals surface area contributed by atoms with E-state index < -0.39 is 6.61 Å². The van der Waals surface area contributed by atoms with Gasteiger partial charge in [-0.2, -0.15) is 13.2 Å². The highest BCUT2D eigenvalue weighted by atomic mass is 32.1. The number of halogens is 2. The number of anilines is 1. The van der Waals surface area contributed by atoms with Gasteiger partial charge in [0.2, 0.25) is 5.13 Å². The zero-order chi connectivity index (χ0) is 16.2. The second-order valence-electron chi connectivity index (χ2n) is 5.28. The lowest BCUT2D eigenvalue weighted by atomic mass is 9.87. The molecule has 1 aliphatic rings. The molecule has 1 aromatic carbocycles. The number of ether oxygens (including phenoxy) is 2. The molecule has 1 heterocycles. The number of alkyl halides is 2. The van der Waals surface area contributed by atoms with Crippen LogP contribution in [0.2, 0.25) is 0 Å². The Morgan fingerprint density at radius 2 is 2.30 bits per heavy atom. The maximum absolute atomic E-state index is 12.3. The molecule has 0 spiro atoms. The molecule has 5 nitrogen and oxygen atoms in total. The van der Waals surface area contributed by atoms with Gasteiger partial charge in [0.05, 0.1) is 6.04 Å². The molecule has 1 atom stereocenters. The molecule has 0 aliphatic heterocycles. The molecule has 124 valence electrons. The topological polar surface area (TPSA) is 56.3 Å². The molecule has 1 aromatic heterocycles. The molecule has 8 heteroatoms. The Balaban J connectivity index is 1.75. The van der Waals surface area contributed by atoms with Gasteiger partial charge in [0.1, 0.15) is 12.4 Å². The van der Waals surface area contributed by atoms with Crippen molar-refractivity contribution in [2.45, 2.75) is 38.5 Å². The van der Waals surface area contributed by atoms with Crippen LogP contribution >= 0.6 is 11.5 Å². The maximum Gasteiger partial charge on any atom is 0.387 e. The van der Waals surface area contributed by atoms with Crippen molar-refractivity contribution in [3.63, 3.8) is 0 Å². The van der Waals surface area contributed by atoms with E-state index in [9.17, 15) is 8.78 Å². The van der Waals surface area contributed by atoms with Crippen molar-refractivity contribution in [1.82, 2.24) is 9.36 Å². The largest absolute Gasteiger partial charge is 0.435 e. The lowest BCUT2D eigenvalue weighted by Crippen LogP contribution is -2.17. The minimum absolute atomic E-state index is 0.0997. The number of rotatable bonds is 6. The van der Waals surface area contributed by atoms with Gasteiger partial charge in [-0.15, -0.1) is 0 Å². The number of hydrogen-bond acceptors (Lipinski definition) is 6. The summed E-state index contributed by atoms with van der Waals surface area (Å²) in [7, 11) is 1.60. The van der Waals surface area contributed by atoms with Gasteiger partial charge < -0.3 is 14.8 Å². The van der Waals surface area contributed by atoms with E-state index >= 15 is 0 Å². The Morgan fingerprint density at radius 1 is 1.43 bits per heavy atom. The Kier molecular flexibility index (Phi) is 5.02. The summed E-state index contributed by atoms with van der Waals surface area (Å²) in [5, 5.41) is 4.12.